The van der Waals surface area contributed by atoms with Gasteiger partial charge in [-0.2, -0.15) is 0 Å². The zero-order chi connectivity index (χ0) is 16.9. The Bertz CT molecular complexity index is 531. The molecule has 0 aliphatic carbocycles. The molecule has 0 aromatic carbocycles. The van der Waals surface area contributed by atoms with E-state index in [-0.39, 0.29) is 11.3 Å². The van der Waals surface area contributed by atoms with Crippen molar-refractivity contribution in [2.75, 3.05) is 18.4 Å². The van der Waals surface area contributed by atoms with Gasteiger partial charge in [0.05, 0.1) is 0 Å². The number of aromatic nitrogens is 1. The van der Waals surface area contributed by atoms with Crippen molar-refractivity contribution >= 4 is 11.7 Å². The van der Waals surface area contributed by atoms with E-state index in [4.69, 9.17) is 0 Å². The van der Waals surface area contributed by atoms with E-state index in [2.05, 4.69) is 36.0 Å². The topological polar surface area (TPSA) is 45.2 Å². The maximum Gasteiger partial charge on any atom is 0.231 e. The Labute approximate surface area is 140 Å². The Morgan fingerprint density at radius 2 is 1.91 bits per heavy atom. The van der Waals surface area contributed by atoms with E-state index in [1.54, 1.807) is 0 Å². The van der Waals surface area contributed by atoms with Gasteiger partial charge in [-0.05, 0) is 62.9 Å². The van der Waals surface area contributed by atoms with Gasteiger partial charge in [-0.25, -0.2) is 4.98 Å². The molecule has 0 radical (unpaired) electrons. The smallest absolute Gasteiger partial charge is 0.231 e. The highest BCUT2D eigenvalue weighted by molar-refractivity contribution is 5.94. The number of aryl methyl sites for hydroxylation is 1. The Balaban J connectivity index is 2.08. The van der Waals surface area contributed by atoms with E-state index >= 15 is 0 Å². The summed E-state index contributed by atoms with van der Waals surface area (Å²) in [4.78, 5) is 19.4. The summed E-state index contributed by atoms with van der Waals surface area (Å²) in [6, 6.07) is 2.05. The van der Waals surface area contributed by atoms with Crippen LogP contribution in [-0.4, -0.2) is 28.9 Å². The SMILES string of the molecule is CCC(C)(CC)C(=O)Nc1cc(CN2CCCCC2)c(C)cn1. The van der Waals surface area contributed by atoms with Gasteiger partial charge in [0.15, 0.2) is 0 Å². The van der Waals surface area contributed by atoms with Gasteiger partial charge in [0.1, 0.15) is 5.82 Å². The Kier molecular flexibility index (Phi) is 6.17. The summed E-state index contributed by atoms with van der Waals surface area (Å²) in [5.41, 5.74) is 2.15. The zero-order valence-corrected chi connectivity index (χ0v) is 15.1. The third kappa shape index (κ3) is 4.54. The molecule has 2 heterocycles. The highest BCUT2D eigenvalue weighted by atomic mass is 16.2. The van der Waals surface area contributed by atoms with Gasteiger partial charge >= 0.3 is 0 Å². The molecule has 4 heteroatoms. The third-order valence-electron chi connectivity index (χ3n) is 5.41. The van der Waals surface area contributed by atoms with Crippen LogP contribution in [0.1, 0.15) is 64.0 Å². The third-order valence-corrected chi connectivity index (χ3v) is 5.41. The normalized spacial score (nSPS) is 16.3. The number of piperidine rings is 1. The van der Waals surface area contributed by atoms with Crippen molar-refractivity contribution in [1.29, 1.82) is 0 Å². The molecule has 1 aliphatic rings. The number of nitrogens with zero attached hydrogens (tertiary/aromatic N) is 2. The van der Waals surface area contributed by atoms with E-state index in [9.17, 15) is 4.79 Å². The number of amides is 1. The molecular formula is C19H31N3O. The maximum absolute atomic E-state index is 12.5. The number of nitrogens with one attached hydrogen (secondary N) is 1. The molecule has 0 bridgehead atoms. The second kappa shape index (κ2) is 7.91. The van der Waals surface area contributed by atoms with Crippen molar-refractivity contribution in [3.8, 4) is 0 Å². The standard InChI is InChI=1S/C19H31N3O/c1-5-19(4,6-2)18(23)21-17-12-16(15(3)13-20-17)14-22-10-8-7-9-11-22/h12-13H,5-11,14H2,1-4H3,(H,20,21,23). The monoisotopic (exact) mass is 317 g/mol. The first-order chi connectivity index (χ1) is 11.0. The molecule has 1 fully saturated rings. The molecule has 0 saturated carbocycles. The molecular weight excluding hydrogens is 286 g/mol. The van der Waals surface area contributed by atoms with Crippen LogP contribution >= 0.6 is 0 Å². The van der Waals surface area contributed by atoms with Gasteiger partial charge in [0, 0.05) is 18.2 Å². The van der Waals surface area contributed by atoms with E-state index in [1.807, 2.05) is 19.2 Å². The molecule has 128 valence electrons. The molecule has 1 amide bonds. The molecule has 1 aliphatic heterocycles. The summed E-state index contributed by atoms with van der Waals surface area (Å²) in [6.45, 7) is 11.5. The van der Waals surface area contributed by atoms with E-state index in [0.29, 0.717) is 5.82 Å². The fourth-order valence-corrected chi connectivity index (χ4v) is 3.00. The highest BCUT2D eigenvalue weighted by Crippen LogP contribution is 2.27. The van der Waals surface area contributed by atoms with Gasteiger partial charge in [-0.15, -0.1) is 0 Å². The minimum atomic E-state index is -0.320. The lowest BCUT2D eigenvalue weighted by molar-refractivity contribution is -0.125. The number of pyridine rings is 1. The van der Waals surface area contributed by atoms with Crippen molar-refractivity contribution in [1.82, 2.24) is 9.88 Å². The van der Waals surface area contributed by atoms with Crippen LogP contribution in [0.15, 0.2) is 12.3 Å². The minimum Gasteiger partial charge on any atom is -0.310 e. The average Bonchev–Trinajstić information content (AvgIpc) is 2.58. The van der Waals surface area contributed by atoms with E-state index in [0.717, 1.165) is 19.4 Å². The van der Waals surface area contributed by atoms with Crippen molar-refractivity contribution in [2.45, 2.75) is 66.3 Å². The number of anilines is 1. The first-order valence-electron chi connectivity index (χ1n) is 8.98. The fraction of sp³-hybridized carbons (Fsp3) is 0.684. The van der Waals surface area contributed by atoms with Crippen LogP contribution in [0.4, 0.5) is 5.82 Å². The summed E-state index contributed by atoms with van der Waals surface area (Å²) in [5, 5.41) is 3.02. The molecule has 1 aromatic rings. The minimum absolute atomic E-state index is 0.0720. The quantitative estimate of drug-likeness (QED) is 0.857. The fourth-order valence-electron chi connectivity index (χ4n) is 3.00. The second-order valence-electron chi connectivity index (χ2n) is 7.05. The molecule has 4 nitrogen and oxygen atoms in total. The summed E-state index contributed by atoms with van der Waals surface area (Å²) >= 11 is 0. The summed E-state index contributed by atoms with van der Waals surface area (Å²) in [5.74, 6) is 0.753. The van der Waals surface area contributed by atoms with Crippen LogP contribution in [0, 0.1) is 12.3 Å². The highest BCUT2D eigenvalue weighted by Gasteiger charge is 2.29. The first-order valence-corrected chi connectivity index (χ1v) is 8.98. The largest absolute Gasteiger partial charge is 0.310 e. The first kappa shape index (κ1) is 17.9. The van der Waals surface area contributed by atoms with Crippen LogP contribution in [-0.2, 0) is 11.3 Å². The molecule has 23 heavy (non-hydrogen) atoms. The predicted octanol–water partition coefficient (Wildman–Crippen LogP) is 4.14. The van der Waals surface area contributed by atoms with Gasteiger partial charge < -0.3 is 5.32 Å². The maximum atomic E-state index is 12.5. The lowest BCUT2D eigenvalue weighted by atomic mass is 9.84. The number of hydrogen-bond acceptors (Lipinski definition) is 3. The lowest BCUT2D eigenvalue weighted by Crippen LogP contribution is -2.33. The van der Waals surface area contributed by atoms with E-state index in [1.165, 1.54) is 43.5 Å². The van der Waals surface area contributed by atoms with E-state index < -0.39 is 0 Å². The molecule has 0 atom stereocenters. The van der Waals surface area contributed by atoms with Crippen LogP contribution < -0.4 is 5.32 Å². The summed E-state index contributed by atoms with van der Waals surface area (Å²) in [7, 11) is 0. The summed E-state index contributed by atoms with van der Waals surface area (Å²) in [6.07, 6.45) is 7.48. The van der Waals surface area contributed by atoms with Crippen molar-refractivity contribution < 1.29 is 4.79 Å². The molecule has 0 spiro atoms. The summed E-state index contributed by atoms with van der Waals surface area (Å²) < 4.78 is 0. The molecule has 2 rings (SSSR count). The number of likely N-dealkylation sites (tertiary alicyclic amines) is 1. The van der Waals surface area contributed by atoms with Gasteiger partial charge in [0.2, 0.25) is 5.91 Å². The van der Waals surface area contributed by atoms with Crippen LogP contribution in [0.5, 0.6) is 0 Å². The van der Waals surface area contributed by atoms with Gasteiger partial charge in [-0.1, -0.05) is 27.2 Å². The van der Waals surface area contributed by atoms with Crippen molar-refractivity contribution in [3.63, 3.8) is 0 Å². The molecule has 0 unspecified atom stereocenters. The zero-order valence-electron chi connectivity index (χ0n) is 15.1. The molecule has 1 aromatic heterocycles. The number of carbonyl (C=O) groups is 1. The second-order valence-corrected chi connectivity index (χ2v) is 7.05. The van der Waals surface area contributed by atoms with Gasteiger partial charge in [0.25, 0.3) is 0 Å². The van der Waals surface area contributed by atoms with Crippen LogP contribution in [0.25, 0.3) is 0 Å². The lowest BCUT2D eigenvalue weighted by Gasteiger charge is -2.27. The van der Waals surface area contributed by atoms with Crippen LogP contribution in [0.3, 0.4) is 0 Å². The predicted molar refractivity (Wildman–Crippen MR) is 95.4 cm³/mol. The number of hydrogen-bond donors (Lipinski definition) is 1. The average molecular weight is 317 g/mol. The van der Waals surface area contributed by atoms with Crippen molar-refractivity contribution in [3.05, 3.63) is 23.4 Å². The molecule has 1 N–H and O–H groups in total. The number of rotatable bonds is 6. The Morgan fingerprint density at radius 3 is 2.52 bits per heavy atom. The van der Waals surface area contributed by atoms with Gasteiger partial charge in [-0.3, -0.25) is 9.69 Å². The molecule has 1 saturated heterocycles. The van der Waals surface area contributed by atoms with Crippen molar-refractivity contribution in [2.24, 2.45) is 5.41 Å². The Morgan fingerprint density at radius 1 is 1.26 bits per heavy atom. The Hall–Kier alpha value is -1.42. The van der Waals surface area contributed by atoms with Crippen LogP contribution in [0.2, 0.25) is 0 Å². The number of carbonyl (C=O) groups excluding carboxylic acids is 1.